The van der Waals surface area contributed by atoms with E-state index in [0.717, 1.165) is 51.3 Å². The van der Waals surface area contributed by atoms with Gasteiger partial charge in [-0.15, -0.1) is 11.3 Å². The molecule has 28 heavy (non-hydrogen) atoms. The summed E-state index contributed by atoms with van der Waals surface area (Å²) in [7, 11) is 0. The summed E-state index contributed by atoms with van der Waals surface area (Å²) >= 11 is 1.74. The van der Waals surface area contributed by atoms with Crippen LogP contribution < -0.4 is 5.32 Å². The molecular formula is C21H29N5OS. The van der Waals surface area contributed by atoms with E-state index in [4.69, 9.17) is 0 Å². The lowest BCUT2D eigenvalue weighted by atomic mass is 9.93. The van der Waals surface area contributed by atoms with E-state index in [9.17, 15) is 4.79 Å². The highest BCUT2D eigenvalue weighted by molar-refractivity contribution is 7.09. The van der Waals surface area contributed by atoms with Crippen molar-refractivity contribution in [3.63, 3.8) is 0 Å². The molecule has 0 saturated carbocycles. The van der Waals surface area contributed by atoms with Crippen LogP contribution in [0.5, 0.6) is 0 Å². The van der Waals surface area contributed by atoms with Gasteiger partial charge in [-0.25, -0.2) is 4.98 Å². The number of aromatic nitrogens is 2. The Morgan fingerprint density at radius 2 is 2.04 bits per heavy atom. The average molecular weight is 400 g/mol. The highest BCUT2D eigenvalue weighted by Gasteiger charge is 2.31. The van der Waals surface area contributed by atoms with E-state index < -0.39 is 0 Å². The minimum absolute atomic E-state index is 0.103. The number of carbonyl (C=O) groups excluding carboxylic acids is 1. The Balaban J connectivity index is 1.23. The maximum Gasteiger partial charge on any atom is 0.224 e. The third-order valence-electron chi connectivity index (χ3n) is 5.91. The van der Waals surface area contributed by atoms with Crippen LogP contribution in [0.15, 0.2) is 36.0 Å². The quantitative estimate of drug-likeness (QED) is 0.809. The molecule has 4 rings (SSSR count). The van der Waals surface area contributed by atoms with Crippen molar-refractivity contribution in [2.45, 2.75) is 44.8 Å². The Morgan fingerprint density at radius 3 is 2.79 bits per heavy atom. The van der Waals surface area contributed by atoms with Gasteiger partial charge in [0.1, 0.15) is 5.01 Å². The summed E-state index contributed by atoms with van der Waals surface area (Å²) < 4.78 is 0. The number of carbonyl (C=O) groups is 1. The molecule has 150 valence electrons. The third-order valence-corrected chi connectivity index (χ3v) is 6.67. The van der Waals surface area contributed by atoms with E-state index in [2.05, 4.69) is 30.5 Å². The van der Waals surface area contributed by atoms with E-state index in [0.29, 0.717) is 12.6 Å². The molecule has 2 aliphatic heterocycles. The van der Waals surface area contributed by atoms with Crippen LogP contribution in [0.1, 0.15) is 36.4 Å². The number of thiazole rings is 1. The topological polar surface area (TPSA) is 61.4 Å². The van der Waals surface area contributed by atoms with E-state index in [1.54, 1.807) is 17.5 Å². The fourth-order valence-electron chi connectivity index (χ4n) is 4.34. The maximum atomic E-state index is 12.6. The molecule has 4 heterocycles. The SMILES string of the molecule is O=C(NCc1ccccn1)[C@@H]1CCCN(C2CCN(Cc3nccs3)CC2)C1. The predicted molar refractivity (Wildman–Crippen MR) is 111 cm³/mol. The largest absolute Gasteiger partial charge is 0.350 e. The number of rotatable bonds is 6. The van der Waals surface area contributed by atoms with Gasteiger partial charge >= 0.3 is 0 Å². The molecule has 0 unspecified atom stereocenters. The zero-order valence-electron chi connectivity index (χ0n) is 16.3. The molecule has 0 radical (unpaired) electrons. The van der Waals surface area contributed by atoms with Crippen molar-refractivity contribution in [2.75, 3.05) is 26.2 Å². The van der Waals surface area contributed by atoms with Crippen molar-refractivity contribution in [2.24, 2.45) is 5.92 Å². The Morgan fingerprint density at radius 1 is 1.14 bits per heavy atom. The standard InChI is InChI=1S/C21H29N5OS/c27-21(24-14-18-5-1-2-8-22-18)17-4-3-10-26(15-17)19-6-11-25(12-7-19)16-20-23-9-13-28-20/h1-2,5,8-9,13,17,19H,3-4,6-7,10-12,14-16H2,(H,24,27)/t17-/m1/s1. The van der Waals surface area contributed by atoms with E-state index in [-0.39, 0.29) is 11.8 Å². The molecule has 7 heteroatoms. The average Bonchev–Trinajstić information content (AvgIpc) is 3.26. The first-order valence-corrected chi connectivity index (χ1v) is 11.2. The summed E-state index contributed by atoms with van der Waals surface area (Å²) in [6.07, 6.45) is 8.14. The van der Waals surface area contributed by atoms with Gasteiger partial charge in [-0.2, -0.15) is 0 Å². The molecule has 1 N–H and O–H groups in total. The summed E-state index contributed by atoms with van der Waals surface area (Å²) in [5, 5.41) is 6.34. The number of amides is 1. The van der Waals surface area contributed by atoms with Crippen LogP contribution in [0.3, 0.4) is 0 Å². The highest BCUT2D eigenvalue weighted by atomic mass is 32.1. The van der Waals surface area contributed by atoms with Crippen LogP contribution in [-0.4, -0.2) is 57.9 Å². The third kappa shape index (κ3) is 5.16. The highest BCUT2D eigenvalue weighted by Crippen LogP contribution is 2.25. The molecule has 0 aromatic carbocycles. The molecule has 2 aromatic rings. The number of pyridine rings is 1. The summed E-state index contributed by atoms with van der Waals surface area (Å²) in [4.78, 5) is 26.4. The van der Waals surface area contributed by atoms with Crippen molar-refractivity contribution < 1.29 is 4.79 Å². The molecule has 2 saturated heterocycles. The fourth-order valence-corrected chi connectivity index (χ4v) is 5.00. The summed E-state index contributed by atoms with van der Waals surface area (Å²) in [6.45, 7) is 5.76. The second kappa shape index (κ2) is 9.58. The second-order valence-electron chi connectivity index (χ2n) is 7.81. The summed E-state index contributed by atoms with van der Waals surface area (Å²) in [5.41, 5.74) is 0.913. The lowest BCUT2D eigenvalue weighted by molar-refractivity contribution is -0.127. The molecule has 0 aliphatic carbocycles. The Bertz CT molecular complexity index is 731. The van der Waals surface area contributed by atoms with Gasteiger partial charge in [-0.05, 0) is 44.4 Å². The van der Waals surface area contributed by atoms with E-state index in [1.807, 2.05) is 24.4 Å². The zero-order chi connectivity index (χ0) is 19.2. The van der Waals surface area contributed by atoms with Crippen molar-refractivity contribution >= 4 is 17.2 Å². The molecule has 2 aromatic heterocycles. The van der Waals surface area contributed by atoms with E-state index >= 15 is 0 Å². The molecular weight excluding hydrogens is 370 g/mol. The van der Waals surface area contributed by atoms with Gasteiger partial charge in [0, 0.05) is 43.4 Å². The van der Waals surface area contributed by atoms with Crippen LogP contribution >= 0.6 is 11.3 Å². The predicted octanol–water partition coefficient (Wildman–Crippen LogP) is 2.53. The van der Waals surface area contributed by atoms with Gasteiger partial charge in [-0.3, -0.25) is 19.6 Å². The first-order chi connectivity index (χ1) is 13.8. The smallest absolute Gasteiger partial charge is 0.224 e. The number of nitrogens with one attached hydrogen (secondary N) is 1. The fraction of sp³-hybridized carbons (Fsp3) is 0.571. The Labute approximate surface area is 171 Å². The van der Waals surface area contributed by atoms with Crippen molar-refractivity contribution in [1.29, 1.82) is 0 Å². The first-order valence-electron chi connectivity index (χ1n) is 10.3. The van der Waals surface area contributed by atoms with Crippen LogP contribution in [0.4, 0.5) is 0 Å². The molecule has 0 spiro atoms. The van der Waals surface area contributed by atoms with Gasteiger partial charge in [0.05, 0.1) is 24.7 Å². The lowest BCUT2D eigenvalue weighted by Gasteiger charge is -2.41. The van der Waals surface area contributed by atoms with Crippen molar-refractivity contribution in [3.05, 3.63) is 46.7 Å². The van der Waals surface area contributed by atoms with Gasteiger partial charge in [-0.1, -0.05) is 6.07 Å². The van der Waals surface area contributed by atoms with Gasteiger partial charge in [0.25, 0.3) is 0 Å². The van der Waals surface area contributed by atoms with Gasteiger partial charge < -0.3 is 5.32 Å². The number of nitrogens with zero attached hydrogens (tertiary/aromatic N) is 4. The molecule has 6 nitrogen and oxygen atoms in total. The van der Waals surface area contributed by atoms with E-state index in [1.165, 1.54) is 17.8 Å². The second-order valence-corrected chi connectivity index (χ2v) is 8.79. The van der Waals surface area contributed by atoms with Crippen LogP contribution in [0, 0.1) is 5.92 Å². The minimum atomic E-state index is 0.103. The van der Waals surface area contributed by atoms with Gasteiger partial charge in [0.2, 0.25) is 5.91 Å². The number of likely N-dealkylation sites (tertiary alicyclic amines) is 2. The lowest BCUT2D eigenvalue weighted by Crippen LogP contribution is -2.50. The Hall–Kier alpha value is -1.83. The van der Waals surface area contributed by atoms with Crippen molar-refractivity contribution in [1.82, 2.24) is 25.1 Å². The normalized spacial score (nSPS) is 22.2. The minimum Gasteiger partial charge on any atom is -0.350 e. The molecule has 1 atom stereocenters. The van der Waals surface area contributed by atoms with Crippen LogP contribution in [0.2, 0.25) is 0 Å². The summed E-state index contributed by atoms with van der Waals surface area (Å²) in [5.74, 6) is 0.280. The molecule has 2 aliphatic rings. The molecule has 1 amide bonds. The number of hydrogen-bond donors (Lipinski definition) is 1. The number of hydrogen-bond acceptors (Lipinski definition) is 6. The van der Waals surface area contributed by atoms with Gasteiger partial charge in [0.15, 0.2) is 0 Å². The van der Waals surface area contributed by atoms with Crippen LogP contribution in [-0.2, 0) is 17.9 Å². The monoisotopic (exact) mass is 399 g/mol. The maximum absolute atomic E-state index is 12.6. The molecule has 2 fully saturated rings. The van der Waals surface area contributed by atoms with Crippen molar-refractivity contribution in [3.8, 4) is 0 Å². The summed E-state index contributed by atoms with van der Waals surface area (Å²) in [6, 6.07) is 6.41. The zero-order valence-corrected chi connectivity index (χ0v) is 17.1. The molecule has 0 bridgehead atoms. The Kier molecular flexibility index (Phi) is 6.67. The number of piperidine rings is 2. The first kappa shape index (κ1) is 19.5. The van der Waals surface area contributed by atoms with Crippen LogP contribution in [0.25, 0.3) is 0 Å².